The quantitative estimate of drug-likeness (QED) is 0.736. The number of ether oxygens (including phenoxy) is 1. The van der Waals surface area contributed by atoms with Crippen molar-refractivity contribution >= 4 is 17.1 Å². The van der Waals surface area contributed by atoms with Gasteiger partial charge in [0.1, 0.15) is 5.75 Å². The van der Waals surface area contributed by atoms with Crippen molar-refractivity contribution in [3.63, 3.8) is 0 Å². The SMILES string of the molecule is COc1ccccc1N1CCN(C(=O)c2ccn3cncc3c2)CC1. The molecular weight excluding hydrogens is 316 g/mol. The summed E-state index contributed by atoms with van der Waals surface area (Å²) in [4.78, 5) is 21.1. The second-order valence-electron chi connectivity index (χ2n) is 6.09. The second kappa shape index (κ2) is 6.47. The number of pyridine rings is 1. The summed E-state index contributed by atoms with van der Waals surface area (Å²) in [5, 5.41) is 0. The minimum Gasteiger partial charge on any atom is -0.495 e. The monoisotopic (exact) mass is 336 g/mol. The number of benzene rings is 1. The average molecular weight is 336 g/mol. The zero-order valence-corrected chi connectivity index (χ0v) is 14.1. The summed E-state index contributed by atoms with van der Waals surface area (Å²) in [7, 11) is 1.69. The van der Waals surface area contributed by atoms with Gasteiger partial charge in [0.25, 0.3) is 5.91 Å². The van der Waals surface area contributed by atoms with E-state index in [4.69, 9.17) is 4.74 Å². The zero-order chi connectivity index (χ0) is 17.2. The molecule has 0 unspecified atom stereocenters. The van der Waals surface area contributed by atoms with E-state index in [0.29, 0.717) is 18.7 Å². The number of carbonyl (C=O) groups is 1. The molecule has 3 heterocycles. The molecule has 0 atom stereocenters. The van der Waals surface area contributed by atoms with Gasteiger partial charge in [-0.05, 0) is 24.3 Å². The smallest absolute Gasteiger partial charge is 0.254 e. The van der Waals surface area contributed by atoms with Crippen LogP contribution in [0.1, 0.15) is 10.4 Å². The first kappa shape index (κ1) is 15.5. The van der Waals surface area contributed by atoms with Crippen LogP contribution in [0, 0.1) is 0 Å². The van der Waals surface area contributed by atoms with E-state index in [1.165, 1.54) is 0 Å². The van der Waals surface area contributed by atoms with Crippen LogP contribution in [0.25, 0.3) is 5.52 Å². The fourth-order valence-electron chi connectivity index (χ4n) is 3.28. The molecule has 1 aliphatic rings. The van der Waals surface area contributed by atoms with Crippen LogP contribution in [0.5, 0.6) is 5.75 Å². The molecular formula is C19H20N4O2. The van der Waals surface area contributed by atoms with Gasteiger partial charge in [-0.1, -0.05) is 12.1 Å². The predicted octanol–water partition coefficient (Wildman–Crippen LogP) is 2.31. The van der Waals surface area contributed by atoms with Crippen LogP contribution in [0.3, 0.4) is 0 Å². The third-order valence-electron chi connectivity index (χ3n) is 4.65. The number of amides is 1. The molecule has 25 heavy (non-hydrogen) atoms. The molecule has 0 bridgehead atoms. The number of methoxy groups -OCH3 is 1. The van der Waals surface area contributed by atoms with E-state index in [0.717, 1.165) is 30.0 Å². The standard InChI is InChI=1S/C19H20N4O2/c1-25-18-5-3-2-4-17(18)21-8-10-22(11-9-21)19(24)15-6-7-23-14-20-13-16(23)12-15/h2-7,12-14H,8-11H2,1H3. The normalized spacial score (nSPS) is 14.8. The first-order valence-electron chi connectivity index (χ1n) is 8.35. The van der Waals surface area contributed by atoms with Gasteiger partial charge in [-0.15, -0.1) is 0 Å². The summed E-state index contributed by atoms with van der Waals surface area (Å²) >= 11 is 0. The molecule has 1 aromatic carbocycles. The van der Waals surface area contributed by atoms with Crippen molar-refractivity contribution in [2.45, 2.75) is 0 Å². The van der Waals surface area contributed by atoms with Crippen LogP contribution < -0.4 is 9.64 Å². The molecule has 0 spiro atoms. The number of piperazine rings is 1. The maximum Gasteiger partial charge on any atom is 0.254 e. The van der Waals surface area contributed by atoms with Crippen LogP contribution in [-0.2, 0) is 0 Å². The topological polar surface area (TPSA) is 50.1 Å². The lowest BCUT2D eigenvalue weighted by Crippen LogP contribution is -2.48. The molecule has 6 heteroatoms. The van der Waals surface area contributed by atoms with Crippen molar-refractivity contribution in [1.29, 1.82) is 0 Å². The minimum absolute atomic E-state index is 0.0726. The van der Waals surface area contributed by atoms with E-state index >= 15 is 0 Å². The van der Waals surface area contributed by atoms with Gasteiger partial charge in [-0.25, -0.2) is 4.98 Å². The minimum atomic E-state index is 0.0726. The van der Waals surface area contributed by atoms with Crippen molar-refractivity contribution < 1.29 is 9.53 Å². The van der Waals surface area contributed by atoms with E-state index in [1.54, 1.807) is 19.6 Å². The van der Waals surface area contributed by atoms with Crippen molar-refractivity contribution in [2.75, 3.05) is 38.2 Å². The predicted molar refractivity (Wildman–Crippen MR) is 96.3 cm³/mol. The van der Waals surface area contributed by atoms with Crippen LogP contribution >= 0.6 is 0 Å². The maximum atomic E-state index is 12.8. The van der Waals surface area contributed by atoms with Gasteiger partial charge < -0.3 is 18.9 Å². The molecule has 1 amide bonds. The molecule has 0 aliphatic carbocycles. The lowest BCUT2D eigenvalue weighted by Gasteiger charge is -2.36. The Bertz CT molecular complexity index is 897. The highest BCUT2D eigenvalue weighted by Gasteiger charge is 2.23. The number of anilines is 1. The summed E-state index contributed by atoms with van der Waals surface area (Å²) in [5.41, 5.74) is 2.72. The lowest BCUT2D eigenvalue weighted by molar-refractivity contribution is 0.0746. The lowest BCUT2D eigenvalue weighted by atomic mass is 10.2. The van der Waals surface area contributed by atoms with Gasteiger partial charge in [-0.2, -0.15) is 0 Å². The third-order valence-corrected chi connectivity index (χ3v) is 4.65. The largest absolute Gasteiger partial charge is 0.495 e. The van der Waals surface area contributed by atoms with E-state index in [9.17, 15) is 4.79 Å². The van der Waals surface area contributed by atoms with Crippen LogP contribution in [0.15, 0.2) is 55.1 Å². The van der Waals surface area contributed by atoms with Crippen molar-refractivity contribution in [2.24, 2.45) is 0 Å². The van der Waals surface area contributed by atoms with Crippen molar-refractivity contribution in [3.8, 4) is 5.75 Å². The Hall–Kier alpha value is -3.02. The van der Waals surface area contributed by atoms with E-state index in [-0.39, 0.29) is 5.91 Å². The molecule has 1 aliphatic heterocycles. The number of hydrogen-bond donors (Lipinski definition) is 0. The molecule has 2 aromatic heterocycles. The first-order chi connectivity index (χ1) is 12.3. The average Bonchev–Trinajstić information content (AvgIpc) is 3.15. The highest BCUT2D eigenvalue weighted by Crippen LogP contribution is 2.28. The fourth-order valence-corrected chi connectivity index (χ4v) is 3.28. The summed E-state index contributed by atoms with van der Waals surface area (Å²) in [6.07, 6.45) is 5.37. The number of para-hydroxylation sites is 2. The highest BCUT2D eigenvalue weighted by molar-refractivity contribution is 5.95. The Kier molecular flexibility index (Phi) is 4.01. The summed E-state index contributed by atoms with van der Waals surface area (Å²) < 4.78 is 7.34. The number of aromatic nitrogens is 2. The Labute approximate surface area is 146 Å². The Balaban J connectivity index is 1.46. The van der Waals surface area contributed by atoms with Gasteiger partial charge in [0.2, 0.25) is 0 Å². The number of carbonyl (C=O) groups excluding carboxylic acids is 1. The Morgan fingerprint density at radius 2 is 1.92 bits per heavy atom. The molecule has 3 aromatic rings. The molecule has 128 valence electrons. The Morgan fingerprint density at radius 3 is 2.72 bits per heavy atom. The molecule has 0 saturated carbocycles. The number of rotatable bonds is 3. The van der Waals surface area contributed by atoms with E-state index in [1.807, 2.05) is 45.8 Å². The van der Waals surface area contributed by atoms with Gasteiger partial charge in [0.05, 0.1) is 30.8 Å². The van der Waals surface area contributed by atoms with Crippen molar-refractivity contribution in [3.05, 3.63) is 60.7 Å². The fraction of sp³-hybridized carbons (Fsp3) is 0.263. The number of imidazole rings is 1. The van der Waals surface area contributed by atoms with Gasteiger partial charge >= 0.3 is 0 Å². The molecule has 1 fully saturated rings. The van der Waals surface area contributed by atoms with Crippen LogP contribution in [0.2, 0.25) is 0 Å². The maximum absolute atomic E-state index is 12.8. The van der Waals surface area contributed by atoms with E-state index < -0.39 is 0 Å². The number of hydrogen-bond acceptors (Lipinski definition) is 4. The second-order valence-corrected chi connectivity index (χ2v) is 6.09. The molecule has 0 radical (unpaired) electrons. The summed E-state index contributed by atoms with van der Waals surface area (Å²) in [6.45, 7) is 2.98. The van der Waals surface area contributed by atoms with Crippen molar-refractivity contribution in [1.82, 2.24) is 14.3 Å². The van der Waals surface area contributed by atoms with Gasteiger partial charge in [0.15, 0.2) is 0 Å². The van der Waals surface area contributed by atoms with Gasteiger partial charge in [-0.3, -0.25) is 4.79 Å². The van der Waals surface area contributed by atoms with Gasteiger partial charge in [0, 0.05) is 37.9 Å². The van der Waals surface area contributed by atoms with Crippen LogP contribution in [0.4, 0.5) is 5.69 Å². The van der Waals surface area contributed by atoms with E-state index in [2.05, 4.69) is 16.0 Å². The molecule has 1 saturated heterocycles. The molecule has 6 nitrogen and oxygen atoms in total. The number of fused-ring (bicyclic) bond motifs is 1. The summed E-state index contributed by atoms with van der Waals surface area (Å²) in [5.74, 6) is 0.942. The summed E-state index contributed by atoms with van der Waals surface area (Å²) in [6, 6.07) is 11.7. The zero-order valence-electron chi connectivity index (χ0n) is 14.1. The third kappa shape index (κ3) is 2.91. The first-order valence-corrected chi connectivity index (χ1v) is 8.35. The Morgan fingerprint density at radius 1 is 1.12 bits per heavy atom. The van der Waals surface area contributed by atoms with Crippen LogP contribution in [-0.4, -0.2) is 53.5 Å². The number of nitrogens with zero attached hydrogens (tertiary/aromatic N) is 4. The molecule has 4 rings (SSSR count). The highest BCUT2D eigenvalue weighted by atomic mass is 16.5. The molecule has 0 N–H and O–H groups in total.